The van der Waals surface area contributed by atoms with Gasteiger partial charge in [0.05, 0.1) is 0 Å². The summed E-state index contributed by atoms with van der Waals surface area (Å²) in [5.41, 5.74) is 1.94. The molecule has 1 fully saturated rings. The van der Waals surface area contributed by atoms with Gasteiger partial charge in [-0.3, -0.25) is 9.59 Å². The van der Waals surface area contributed by atoms with Crippen LogP contribution < -0.4 is 10.6 Å². The number of nitrogens with one attached hydrogen (secondary N) is 2. The average Bonchev–Trinajstić information content (AvgIpc) is 2.81. The number of hydrogen-bond donors (Lipinski definition) is 2. The van der Waals surface area contributed by atoms with Crippen LogP contribution in [0, 0.1) is 0 Å². The first-order valence-electron chi connectivity index (χ1n) is 10.8. The highest BCUT2D eigenvalue weighted by atomic mass is 16.2. The van der Waals surface area contributed by atoms with E-state index in [1.807, 2.05) is 84.3 Å². The molecule has 2 unspecified atom stereocenters. The molecule has 2 aromatic carbocycles. The van der Waals surface area contributed by atoms with Crippen LogP contribution in [0.3, 0.4) is 0 Å². The maximum absolute atomic E-state index is 13.2. The molecule has 2 N–H and O–H groups in total. The Morgan fingerprint density at radius 1 is 0.700 bits per heavy atom. The van der Waals surface area contributed by atoms with Crippen LogP contribution >= 0.6 is 0 Å². The number of nitrogens with zero attached hydrogens (tertiary/aromatic N) is 2. The van der Waals surface area contributed by atoms with Crippen molar-refractivity contribution in [3.63, 3.8) is 0 Å². The minimum atomic E-state index is -0.350. The zero-order valence-corrected chi connectivity index (χ0v) is 17.9. The molecule has 3 rings (SSSR count). The second-order valence-corrected chi connectivity index (χ2v) is 7.45. The van der Waals surface area contributed by atoms with Crippen LogP contribution in [0.5, 0.6) is 0 Å². The van der Waals surface area contributed by atoms with E-state index in [0.29, 0.717) is 39.3 Å². The van der Waals surface area contributed by atoms with Crippen molar-refractivity contribution < 1.29 is 9.59 Å². The zero-order chi connectivity index (χ0) is 21.3. The SMILES string of the molecule is CCNC(C(=O)N1CCN(C(=O)C(NCC)c2ccccc2)CC1)c1ccccc1. The molecule has 0 aromatic heterocycles. The highest BCUT2D eigenvalue weighted by Gasteiger charge is 2.32. The molecule has 1 aliphatic heterocycles. The monoisotopic (exact) mass is 408 g/mol. The van der Waals surface area contributed by atoms with Crippen molar-refractivity contribution >= 4 is 11.8 Å². The summed E-state index contributed by atoms with van der Waals surface area (Å²) in [5.74, 6) is 0.142. The van der Waals surface area contributed by atoms with E-state index in [9.17, 15) is 9.59 Å². The van der Waals surface area contributed by atoms with Gasteiger partial charge in [0.25, 0.3) is 0 Å². The largest absolute Gasteiger partial charge is 0.337 e. The van der Waals surface area contributed by atoms with Gasteiger partial charge in [0, 0.05) is 26.2 Å². The molecule has 6 nitrogen and oxygen atoms in total. The summed E-state index contributed by atoms with van der Waals surface area (Å²) in [6.07, 6.45) is 0. The predicted octanol–water partition coefficient (Wildman–Crippen LogP) is 2.36. The Kier molecular flexibility index (Phi) is 7.99. The molecule has 1 aliphatic rings. The summed E-state index contributed by atoms with van der Waals surface area (Å²) >= 11 is 0. The van der Waals surface area contributed by atoms with Crippen LogP contribution in [0.25, 0.3) is 0 Å². The van der Waals surface area contributed by atoms with Gasteiger partial charge >= 0.3 is 0 Å². The van der Waals surface area contributed by atoms with Crippen LogP contribution in [-0.4, -0.2) is 60.9 Å². The molecule has 30 heavy (non-hydrogen) atoms. The van der Waals surface area contributed by atoms with E-state index in [1.165, 1.54) is 0 Å². The third kappa shape index (κ3) is 5.26. The topological polar surface area (TPSA) is 64.7 Å². The standard InChI is InChI=1S/C24H32N4O2/c1-3-25-21(19-11-7-5-8-12-19)23(29)27-15-17-28(18-16-27)24(30)22(26-4-2)20-13-9-6-10-14-20/h5-14,21-22,25-26H,3-4,15-18H2,1-2H3. The molecule has 6 heteroatoms. The lowest BCUT2D eigenvalue weighted by Gasteiger charge is -2.38. The fourth-order valence-electron chi connectivity index (χ4n) is 3.91. The number of amides is 2. The van der Waals surface area contributed by atoms with Crippen LogP contribution in [0.2, 0.25) is 0 Å². The number of carbonyl (C=O) groups excluding carboxylic acids is 2. The first kappa shape index (κ1) is 22.0. The normalized spacial score (nSPS) is 16.2. The molecule has 0 aliphatic carbocycles. The van der Waals surface area contributed by atoms with E-state index in [2.05, 4.69) is 10.6 Å². The Hall–Kier alpha value is -2.70. The van der Waals surface area contributed by atoms with E-state index >= 15 is 0 Å². The van der Waals surface area contributed by atoms with Crippen molar-refractivity contribution in [1.82, 2.24) is 20.4 Å². The minimum Gasteiger partial charge on any atom is -0.337 e. The zero-order valence-electron chi connectivity index (χ0n) is 17.9. The van der Waals surface area contributed by atoms with Gasteiger partial charge in [-0.25, -0.2) is 0 Å². The second-order valence-electron chi connectivity index (χ2n) is 7.45. The van der Waals surface area contributed by atoms with Gasteiger partial charge in [-0.1, -0.05) is 74.5 Å². The highest BCUT2D eigenvalue weighted by Crippen LogP contribution is 2.20. The Morgan fingerprint density at radius 2 is 1.03 bits per heavy atom. The molecule has 160 valence electrons. The maximum atomic E-state index is 13.2. The molecule has 0 radical (unpaired) electrons. The highest BCUT2D eigenvalue weighted by molar-refractivity contribution is 5.85. The van der Waals surface area contributed by atoms with Crippen molar-refractivity contribution in [3.8, 4) is 0 Å². The van der Waals surface area contributed by atoms with Crippen molar-refractivity contribution in [2.24, 2.45) is 0 Å². The van der Waals surface area contributed by atoms with Gasteiger partial charge in [-0.05, 0) is 24.2 Å². The average molecular weight is 409 g/mol. The first-order chi connectivity index (χ1) is 14.7. The van der Waals surface area contributed by atoms with Gasteiger partial charge in [0.15, 0.2) is 0 Å². The number of benzene rings is 2. The Bertz CT molecular complexity index is 735. The molecule has 2 amide bonds. The lowest BCUT2D eigenvalue weighted by Crippen LogP contribution is -2.54. The molecule has 0 saturated carbocycles. The van der Waals surface area contributed by atoms with Gasteiger partial charge in [0.2, 0.25) is 11.8 Å². The molecule has 0 spiro atoms. The van der Waals surface area contributed by atoms with Crippen molar-refractivity contribution in [3.05, 3.63) is 71.8 Å². The van der Waals surface area contributed by atoms with Gasteiger partial charge in [-0.2, -0.15) is 0 Å². The molecule has 0 bridgehead atoms. The third-order valence-corrected chi connectivity index (χ3v) is 5.48. The van der Waals surface area contributed by atoms with Gasteiger partial charge in [-0.15, -0.1) is 0 Å². The fourth-order valence-corrected chi connectivity index (χ4v) is 3.91. The summed E-state index contributed by atoms with van der Waals surface area (Å²) in [5, 5.41) is 6.61. The predicted molar refractivity (Wildman–Crippen MR) is 119 cm³/mol. The number of likely N-dealkylation sites (N-methyl/N-ethyl adjacent to an activating group) is 2. The summed E-state index contributed by atoms with van der Waals surface area (Å²) in [4.78, 5) is 30.1. The van der Waals surface area contributed by atoms with Crippen molar-refractivity contribution in [1.29, 1.82) is 0 Å². The quantitative estimate of drug-likeness (QED) is 0.704. The molecular weight excluding hydrogens is 376 g/mol. The Balaban J connectivity index is 1.64. The maximum Gasteiger partial charge on any atom is 0.244 e. The van der Waals surface area contributed by atoms with E-state index in [0.717, 1.165) is 11.1 Å². The lowest BCUT2D eigenvalue weighted by molar-refractivity contribution is -0.142. The van der Waals surface area contributed by atoms with E-state index < -0.39 is 0 Å². The van der Waals surface area contributed by atoms with E-state index in [1.54, 1.807) is 0 Å². The van der Waals surface area contributed by atoms with Gasteiger partial charge in [0.1, 0.15) is 12.1 Å². The first-order valence-corrected chi connectivity index (χ1v) is 10.8. The summed E-state index contributed by atoms with van der Waals surface area (Å²) in [6, 6.07) is 18.9. The summed E-state index contributed by atoms with van der Waals surface area (Å²) in [6.45, 7) is 7.63. The smallest absolute Gasteiger partial charge is 0.244 e. The summed E-state index contributed by atoms with van der Waals surface area (Å²) in [7, 11) is 0. The van der Waals surface area contributed by atoms with Crippen LogP contribution in [0.15, 0.2) is 60.7 Å². The molecular formula is C24H32N4O2. The number of hydrogen-bond acceptors (Lipinski definition) is 4. The fraction of sp³-hybridized carbons (Fsp3) is 0.417. The molecule has 1 saturated heterocycles. The Labute approximate surface area is 179 Å². The van der Waals surface area contributed by atoms with Crippen LogP contribution in [-0.2, 0) is 9.59 Å². The lowest BCUT2D eigenvalue weighted by atomic mass is 10.0. The van der Waals surface area contributed by atoms with Crippen LogP contribution in [0.4, 0.5) is 0 Å². The molecule has 2 aromatic rings. The molecule has 2 atom stereocenters. The third-order valence-electron chi connectivity index (χ3n) is 5.48. The molecule has 1 heterocycles. The number of carbonyl (C=O) groups is 2. The van der Waals surface area contributed by atoms with Crippen molar-refractivity contribution in [2.75, 3.05) is 39.3 Å². The van der Waals surface area contributed by atoms with Gasteiger partial charge < -0.3 is 20.4 Å². The second kappa shape index (κ2) is 10.9. The minimum absolute atomic E-state index is 0.0708. The van der Waals surface area contributed by atoms with E-state index in [4.69, 9.17) is 0 Å². The Morgan fingerprint density at radius 3 is 1.33 bits per heavy atom. The van der Waals surface area contributed by atoms with Crippen molar-refractivity contribution in [2.45, 2.75) is 25.9 Å². The summed E-state index contributed by atoms with van der Waals surface area (Å²) < 4.78 is 0. The number of rotatable bonds is 8. The van der Waals surface area contributed by atoms with E-state index in [-0.39, 0.29) is 23.9 Å². The number of piperazine rings is 1. The van der Waals surface area contributed by atoms with Crippen LogP contribution in [0.1, 0.15) is 37.1 Å².